The van der Waals surface area contributed by atoms with Crippen molar-refractivity contribution in [1.29, 1.82) is 0 Å². The molecule has 0 heterocycles. The Morgan fingerprint density at radius 1 is 0.676 bits per heavy atom. The zero-order valence-corrected chi connectivity index (χ0v) is 19.0. The Morgan fingerprint density at radius 2 is 1.29 bits per heavy atom. The molecule has 0 atom stereocenters. The van der Waals surface area contributed by atoms with Gasteiger partial charge in [0.25, 0.3) is 0 Å². The van der Waals surface area contributed by atoms with Crippen LogP contribution in [0.2, 0.25) is 0 Å². The van der Waals surface area contributed by atoms with Crippen LogP contribution in [0.1, 0.15) is 34.7 Å². The van der Waals surface area contributed by atoms with Crippen molar-refractivity contribution >= 4 is 10.8 Å². The maximum atomic E-state index is 15.1. The van der Waals surface area contributed by atoms with Crippen LogP contribution in [0.3, 0.4) is 0 Å². The molecule has 0 aromatic heterocycles. The van der Waals surface area contributed by atoms with Crippen molar-refractivity contribution in [2.75, 3.05) is 0 Å². The van der Waals surface area contributed by atoms with Crippen molar-refractivity contribution in [3.63, 3.8) is 0 Å². The predicted octanol–water partition coefficient (Wildman–Crippen LogP) is 7.85. The monoisotopic (exact) mass is 466 g/mol. The molecule has 0 unspecified atom stereocenters. The number of benzene rings is 4. The van der Waals surface area contributed by atoms with E-state index in [1.54, 1.807) is 6.07 Å². The molecule has 0 N–H and O–H groups in total. The summed E-state index contributed by atoms with van der Waals surface area (Å²) in [4.78, 5) is 0. The molecule has 0 aliphatic carbocycles. The van der Waals surface area contributed by atoms with Gasteiger partial charge in [0.1, 0.15) is 5.82 Å². The van der Waals surface area contributed by atoms with Crippen LogP contribution in [-0.4, -0.2) is 6.61 Å². The lowest BCUT2D eigenvalue weighted by atomic mass is 9.97. The van der Waals surface area contributed by atoms with Crippen molar-refractivity contribution in [1.82, 2.24) is 0 Å². The number of halogens is 4. The van der Waals surface area contributed by atoms with Crippen molar-refractivity contribution < 1.29 is 22.3 Å². The van der Waals surface area contributed by atoms with E-state index in [1.807, 2.05) is 24.3 Å². The minimum atomic E-state index is -3.08. The molecule has 4 rings (SSSR count). The molecule has 0 spiro atoms. The van der Waals surface area contributed by atoms with Gasteiger partial charge in [-0.1, -0.05) is 67.6 Å². The van der Waals surface area contributed by atoms with E-state index in [1.165, 1.54) is 23.3 Å². The van der Waals surface area contributed by atoms with Gasteiger partial charge in [-0.05, 0) is 77.4 Å². The molecule has 0 aliphatic heterocycles. The standard InChI is InChI=1S/C29H26F4O/c1-2-19-3-5-20(6-4-19)7-8-21-10-15-25-24(17-21)14-13-23(28(25)31)12-9-22-11-16-27(26(30)18-22)34-29(32)33/h3-6,10-11,13-18,29H,2,7-9,12H2,1H3. The topological polar surface area (TPSA) is 9.23 Å². The molecule has 0 bridgehead atoms. The first-order valence-electron chi connectivity index (χ1n) is 11.4. The zero-order chi connectivity index (χ0) is 24.1. The molecule has 1 nitrogen and oxygen atoms in total. The Bertz CT molecular complexity index is 1270. The van der Waals surface area contributed by atoms with Gasteiger partial charge < -0.3 is 4.74 Å². The van der Waals surface area contributed by atoms with Gasteiger partial charge in [-0.2, -0.15) is 8.78 Å². The Labute approximate surface area is 197 Å². The summed E-state index contributed by atoms with van der Waals surface area (Å²) in [6.07, 6.45) is 3.57. The average Bonchev–Trinajstić information content (AvgIpc) is 2.84. The minimum absolute atomic E-state index is 0.280. The largest absolute Gasteiger partial charge is 0.432 e. The highest BCUT2D eigenvalue weighted by molar-refractivity contribution is 5.84. The third-order valence-corrected chi connectivity index (χ3v) is 6.13. The smallest absolute Gasteiger partial charge is 0.387 e. The second kappa shape index (κ2) is 10.7. The molecular formula is C29H26F4O. The predicted molar refractivity (Wildman–Crippen MR) is 128 cm³/mol. The normalized spacial score (nSPS) is 11.4. The molecule has 0 radical (unpaired) electrons. The molecular weight excluding hydrogens is 440 g/mol. The molecule has 4 aromatic carbocycles. The van der Waals surface area contributed by atoms with E-state index in [-0.39, 0.29) is 5.82 Å². The summed E-state index contributed by atoms with van der Waals surface area (Å²) in [6, 6.07) is 22.0. The number of alkyl halides is 2. The summed E-state index contributed by atoms with van der Waals surface area (Å²) < 4.78 is 57.8. The van der Waals surface area contributed by atoms with Gasteiger partial charge in [0.15, 0.2) is 11.6 Å². The molecule has 0 fully saturated rings. The highest BCUT2D eigenvalue weighted by Crippen LogP contribution is 2.26. The summed E-state index contributed by atoms with van der Waals surface area (Å²) in [6.45, 7) is -0.944. The Balaban J connectivity index is 1.42. The highest BCUT2D eigenvalue weighted by atomic mass is 19.3. The Morgan fingerprint density at radius 3 is 2.00 bits per heavy atom. The summed E-state index contributed by atoms with van der Waals surface area (Å²) in [7, 11) is 0. The van der Waals surface area contributed by atoms with Gasteiger partial charge in [0.05, 0.1) is 0 Å². The van der Waals surface area contributed by atoms with E-state index in [4.69, 9.17) is 0 Å². The zero-order valence-electron chi connectivity index (χ0n) is 19.0. The fourth-order valence-corrected chi connectivity index (χ4v) is 4.14. The van der Waals surface area contributed by atoms with Crippen LogP contribution in [0.4, 0.5) is 17.6 Å². The lowest BCUT2D eigenvalue weighted by molar-refractivity contribution is -0.0522. The lowest BCUT2D eigenvalue weighted by Crippen LogP contribution is -2.04. The van der Waals surface area contributed by atoms with E-state index in [2.05, 4.69) is 35.9 Å². The first-order chi connectivity index (χ1) is 16.4. The number of fused-ring (bicyclic) bond motifs is 1. The minimum Gasteiger partial charge on any atom is -0.432 e. The number of ether oxygens (including phenoxy) is 1. The van der Waals surface area contributed by atoms with Crippen LogP contribution in [0, 0.1) is 11.6 Å². The SMILES string of the molecule is CCc1ccc(CCc2ccc3c(F)c(CCc4ccc(OC(F)F)c(F)c4)ccc3c2)cc1. The van der Waals surface area contributed by atoms with E-state index in [0.29, 0.717) is 29.4 Å². The average molecular weight is 467 g/mol. The summed E-state index contributed by atoms with van der Waals surface area (Å²) in [5, 5.41) is 1.40. The van der Waals surface area contributed by atoms with E-state index >= 15 is 4.39 Å². The van der Waals surface area contributed by atoms with Crippen LogP contribution in [0.5, 0.6) is 5.75 Å². The quantitative estimate of drug-likeness (QED) is 0.228. The first-order valence-corrected chi connectivity index (χ1v) is 11.4. The van der Waals surface area contributed by atoms with Crippen LogP contribution in [-0.2, 0) is 32.1 Å². The molecule has 176 valence electrons. The summed E-state index contributed by atoms with van der Waals surface area (Å²) in [5.74, 6) is -1.63. The summed E-state index contributed by atoms with van der Waals surface area (Å²) >= 11 is 0. The van der Waals surface area contributed by atoms with Crippen molar-refractivity contribution in [3.05, 3.63) is 112 Å². The second-order valence-corrected chi connectivity index (χ2v) is 8.41. The number of hydrogen-bond donors (Lipinski definition) is 0. The number of rotatable bonds is 9. The number of hydrogen-bond acceptors (Lipinski definition) is 1. The van der Waals surface area contributed by atoms with Gasteiger partial charge in [-0.15, -0.1) is 0 Å². The third kappa shape index (κ3) is 5.77. The fraction of sp³-hybridized carbons (Fsp3) is 0.241. The summed E-state index contributed by atoms with van der Waals surface area (Å²) in [5.41, 5.74) is 4.87. The van der Waals surface area contributed by atoms with Crippen LogP contribution >= 0.6 is 0 Å². The molecule has 0 saturated carbocycles. The Kier molecular flexibility index (Phi) is 7.51. The van der Waals surface area contributed by atoms with Crippen LogP contribution in [0.15, 0.2) is 72.8 Å². The first kappa shape index (κ1) is 23.8. The molecule has 34 heavy (non-hydrogen) atoms. The molecule has 0 amide bonds. The molecule has 0 aliphatic rings. The molecule has 5 heteroatoms. The van der Waals surface area contributed by atoms with Crippen molar-refractivity contribution in [2.45, 2.75) is 45.6 Å². The van der Waals surface area contributed by atoms with Gasteiger partial charge in [0, 0.05) is 5.39 Å². The van der Waals surface area contributed by atoms with E-state index < -0.39 is 18.2 Å². The third-order valence-electron chi connectivity index (χ3n) is 6.13. The van der Waals surface area contributed by atoms with Crippen LogP contribution < -0.4 is 4.74 Å². The van der Waals surface area contributed by atoms with E-state index in [0.717, 1.165) is 36.3 Å². The maximum Gasteiger partial charge on any atom is 0.387 e. The Hall–Kier alpha value is -3.34. The second-order valence-electron chi connectivity index (χ2n) is 8.41. The van der Waals surface area contributed by atoms with Crippen molar-refractivity contribution in [3.8, 4) is 5.75 Å². The van der Waals surface area contributed by atoms with Gasteiger partial charge >= 0.3 is 6.61 Å². The molecule has 0 saturated heterocycles. The fourth-order valence-electron chi connectivity index (χ4n) is 4.14. The maximum absolute atomic E-state index is 15.1. The highest BCUT2D eigenvalue weighted by Gasteiger charge is 2.12. The van der Waals surface area contributed by atoms with E-state index in [9.17, 15) is 13.2 Å². The lowest BCUT2D eigenvalue weighted by Gasteiger charge is -2.10. The number of aryl methyl sites for hydroxylation is 5. The van der Waals surface area contributed by atoms with Gasteiger partial charge in [-0.25, -0.2) is 8.78 Å². The van der Waals surface area contributed by atoms with Crippen LogP contribution in [0.25, 0.3) is 10.8 Å². The molecule has 4 aromatic rings. The van der Waals surface area contributed by atoms with Gasteiger partial charge in [-0.3, -0.25) is 0 Å². The van der Waals surface area contributed by atoms with Crippen molar-refractivity contribution in [2.24, 2.45) is 0 Å². The van der Waals surface area contributed by atoms with Gasteiger partial charge in [0.2, 0.25) is 0 Å².